The molecule has 0 bridgehead atoms. The molecule has 10 heteroatoms. The number of aromatic nitrogens is 1. The maximum Gasteiger partial charge on any atom is 0.338 e. The molecule has 0 saturated heterocycles. The first-order valence-corrected chi connectivity index (χ1v) is 16.0. The van der Waals surface area contributed by atoms with Crippen molar-refractivity contribution in [1.29, 1.82) is 0 Å². The van der Waals surface area contributed by atoms with Crippen LogP contribution >= 0.6 is 34.5 Å². The molecule has 4 aromatic carbocycles. The van der Waals surface area contributed by atoms with Crippen LogP contribution in [0.4, 0.5) is 0 Å². The van der Waals surface area contributed by atoms with Crippen LogP contribution in [0.15, 0.2) is 112 Å². The Bertz CT molecular complexity index is 2120. The van der Waals surface area contributed by atoms with Crippen molar-refractivity contribution in [3.05, 3.63) is 155 Å². The summed E-state index contributed by atoms with van der Waals surface area (Å²) in [6.07, 6.45) is 1.78. The van der Waals surface area contributed by atoms with E-state index in [1.54, 1.807) is 42.9 Å². The standard InChI is InChI=1S/C36H28Cl2N2O5S/c1-3-44-35(42)31-32(24-9-5-4-6-10-24)39-36-40(33(31)25-13-15-26(37)16-14-25)34(41)30(46-36)20-22-12-17-28(29(19-22)43-2)45-21-23-8-7-11-27(38)18-23/h4-20,33H,3,21H2,1-2H3/b30-20-/t33-/m1/s1. The Morgan fingerprint density at radius 2 is 1.72 bits per heavy atom. The normalized spacial score (nSPS) is 14.4. The second-order valence-electron chi connectivity index (χ2n) is 10.3. The number of hydrogen-bond donors (Lipinski definition) is 0. The molecule has 6 rings (SSSR count). The van der Waals surface area contributed by atoms with E-state index >= 15 is 0 Å². The maximum atomic E-state index is 14.2. The molecular weight excluding hydrogens is 643 g/mol. The first kappa shape index (κ1) is 31.4. The summed E-state index contributed by atoms with van der Waals surface area (Å²) in [5.41, 5.74) is 3.52. The quantitative estimate of drug-likeness (QED) is 0.161. The summed E-state index contributed by atoms with van der Waals surface area (Å²) < 4.78 is 19.1. The summed E-state index contributed by atoms with van der Waals surface area (Å²) in [6.45, 7) is 2.23. The van der Waals surface area contributed by atoms with E-state index < -0.39 is 12.0 Å². The third kappa shape index (κ3) is 6.51. The zero-order valence-electron chi connectivity index (χ0n) is 24.9. The van der Waals surface area contributed by atoms with E-state index in [2.05, 4.69) is 0 Å². The smallest absolute Gasteiger partial charge is 0.338 e. The third-order valence-electron chi connectivity index (χ3n) is 7.33. The zero-order chi connectivity index (χ0) is 32.2. The molecule has 1 aliphatic heterocycles. The Hall–Kier alpha value is -4.63. The van der Waals surface area contributed by atoms with Gasteiger partial charge in [-0.15, -0.1) is 0 Å². The Morgan fingerprint density at radius 3 is 2.43 bits per heavy atom. The minimum absolute atomic E-state index is 0.169. The lowest BCUT2D eigenvalue weighted by Crippen LogP contribution is -2.40. The molecule has 1 atom stereocenters. The monoisotopic (exact) mass is 670 g/mol. The highest BCUT2D eigenvalue weighted by Crippen LogP contribution is 2.35. The highest BCUT2D eigenvalue weighted by atomic mass is 35.5. The topological polar surface area (TPSA) is 79.1 Å². The van der Waals surface area contributed by atoms with E-state index in [1.165, 1.54) is 11.3 Å². The summed E-state index contributed by atoms with van der Waals surface area (Å²) in [6, 6.07) is 28.6. The van der Waals surface area contributed by atoms with Gasteiger partial charge in [-0.05, 0) is 66.1 Å². The zero-order valence-corrected chi connectivity index (χ0v) is 27.2. The fraction of sp³-hybridized carbons (Fsp3) is 0.139. The summed E-state index contributed by atoms with van der Waals surface area (Å²) >= 11 is 13.6. The van der Waals surface area contributed by atoms with Gasteiger partial charge < -0.3 is 14.2 Å². The number of carbonyl (C=O) groups excluding carboxylic acids is 1. The van der Waals surface area contributed by atoms with Crippen LogP contribution in [0.2, 0.25) is 10.0 Å². The van der Waals surface area contributed by atoms with Crippen molar-refractivity contribution in [1.82, 2.24) is 4.57 Å². The van der Waals surface area contributed by atoms with Crippen LogP contribution in [0.1, 0.15) is 35.2 Å². The van der Waals surface area contributed by atoms with Crippen LogP contribution in [0.25, 0.3) is 11.8 Å². The number of benzene rings is 4. The van der Waals surface area contributed by atoms with Gasteiger partial charge >= 0.3 is 5.97 Å². The van der Waals surface area contributed by atoms with Gasteiger partial charge in [-0.25, -0.2) is 9.79 Å². The number of fused-ring (bicyclic) bond motifs is 1. The highest BCUT2D eigenvalue weighted by Gasteiger charge is 2.35. The highest BCUT2D eigenvalue weighted by molar-refractivity contribution is 7.07. The third-order valence-corrected chi connectivity index (χ3v) is 8.80. The van der Waals surface area contributed by atoms with Crippen molar-refractivity contribution >= 4 is 52.3 Å². The number of rotatable bonds is 9. The van der Waals surface area contributed by atoms with Crippen LogP contribution in [0.5, 0.6) is 11.5 Å². The summed E-state index contributed by atoms with van der Waals surface area (Å²) in [7, 11) is 1.56. The fourth-order valence-corrected chi connectivity index (χ4v) is 6.57. The molecule has 0 spiro atoms. The van der Waals surface area contributed by atoms with Gasteiger partial charge in [-0.2, -0.15) is 0 Å². The minimum atomic E-state index is -0.790. The van der Waals surface area contributed by atoms with Crippen LogP contribution in [-0.4, -0.2) is 24.3 Å². The van der Waals surface area contributed by atoms with Gasteiger partial charge in [0, 0.05) is 15.6 Å². The molecule has 0 saturated carbocycles. The molecule has 0 aliphatic carbocycles. The summed E-state index contributed by atoms with van der Waals surface area (Å²) in [4.78, 5) is 33.1. The second-order valence-corrected chi connectivity index (χ2v) is 12.2. The van der Waals surface area contributed by atoms with Crippen molar-refractivity contribution in [2.24, 2.45) is 4.99 Å². The van der Waals surface area contributed by atoms with Crippen LogP contribution < -0.4 is 24.4 Å². The van der Waals surface area contributed by atoms with Crippen molar-refractivity contribution in [3.63, 3.8) is 0 Å². The molecule has 0 amide bonds. The molecule has 7 nitrogen and oxygen atoms in total. The number of nitrogens with zero attached hydrogens (tertiary/aromatic N) is 2. The molecule has 46 heavy (non-hydrogen) atoms. The van der Waals surface area contributed by atoms with E-state index in [0.717, 1.165) is 16.7 Å². The number of halogens is 2. The van der Waals surface area contributed by atoms with Crippen molar-refractivity contribution in [2.75, 3.05) is 13.7 Å². The van der Waals surface area contributed by atoms with E-state index in [4.69, 9.17) is 42.4 Å². The predicted molar refractivity (Wildman–Crippen MR) is 181 cm³/mol. The van der Waals surface area contributed by atoms with Gasteiger partial charge in [0.1, 0.15) is 6.61 Å². The number of esters is 1. The van der Waals surface area contributed by atoms with Gasteiger partial charge in [0.15, 0.2) is 16.3 Å². The van der Waals surface area contributed by atoms with Gasteiger partial charge in [0.25, 0.3) is 5.56 Å². The molecule has 232 valence electrons. The average Bonchev–Trinajstić information content (AvgIpc) is 3.38. The molecule has 2 heterocycles. The Morgan fingerprint density at radius 1 is 0.935 bits per heavy atom. The largest absolute Gasteiger partial charge is 0.493 e. The van der Waals surface area contributed by atoms with Crippen LogP contribution in [-0.2, 0) is 16.1 Å². The van der Waals surface area contributed by atoms with E-state index in [9.17, 15) is 9.59 Å². The number of hydrogen-bond acceptors (Lipinski definition) is 7. The molecule has 0 radical (unpaired) electrons. The molecule has 0 fully saturated rings. The van der Waals surface area contributed by atoms with Gasteiger partial charge in [0.05, 0.1) is 35.6 Å². The fourth-order valence-electron chi connectivity index (χ4n) is 5.23. The molecular formula is C36H28Cl2N2O5S. The average molecular weight is 672 g/mol. The Balaban J connectivity index is 1.47. The lowest BCUT2D eigenvalue weighted by Gasteiger charge is -2.25. The number of methoxy groups -OCH3 is 1. The van der Waals surface area contributed by atoms with Crippen molar-refractivity contribution in [2.45, 2.75) is 19.6 Å². The lowest BCUT2D eigenvalue weighted by atomic mass is 9.93. The van der Waals surface area contributed by atoms with Gasteiger partial charge in [0.2, 0.25) is 0 Å². The molecule has 0 N–H and O–H groups in total. The first-order chi connectivity index (χ1) is 22.4. The Kier molecular flexibility index (Phi) is 9.40. The number of carbonyl (C=O) groups is 1. The number of ether oxygens (including phenoxy) is 3. The SMILES string of the molecule is CCOC(=O)C1=C(c2ccccc2)N=c2s/c(=C\c3ccc(OCc4cccc(Cl)c4)c(OC)c3)c(=O)n2[C@@H]1c1ccc(Cl)cc1. The summed E-state index contributed by atoms with van der Waals surface area (Å²) in [5.74, 6) is 0.520. The molecule has 1 aromatic heterocycles. The van der Waals surface area contributed by atoms with E-state index in [0.29, 0.717) is 48.7 Å². The van der Waals surface area contributed by atoms with Gasteiger partial charge in [-0.3, -0.25) is 9.36 Å². The lowest BCUT2D eigenvalue weighted by molar-refractivity contribution is -0.138. The van der Waals surface area contributed by atoms with E-state index in [-0.39, 0.29) is 17.7 Å². The van der Waals surface area contributed by atoms with Crippen LogP contribution in [0, 0.1) is 0 Å². The van der Waals surface area contributed by atoms with Crippen molar-refractivity contribution < 1.29 is 19.0 Å². The minimum Gasteiger partial charge on any atom is -0.493 e. The first-order valence-electron chi connectivity index (χ1n) is 14.5. The molecule has 5 aromatic rings. The predicted octanol–water partition coefficient (Wildman–Crippen LogP) is 6.83. The maximum absolute atomic E-state index is 14.2. The van der Waals surface area contributed by atoms with Crippen molar-refractivity contribution in [3.8, 4) is 11.5 Å². The number of thiazole rings is 1. The molecule has 0 unspecified atom stereocenters. The second kappa shape index (κ2) is 13.8. The van der Waals surface area contributed by atoms with Crippen LogP contribution in [0.3, 0.4) is 0 Å². The Labute approximate surface area is 279 Å². The summed E-state index contributed by atoms with van der Waals surface area (Å²) in [5, 5.41) is 1.17. The molecule has 1 aliphatic rings. The van der Waals surface area contributed by atoms with Gasteiger partial charge in [-0.1, -0.05) is 95.2 Å². The van der Waals surface area contributed by atoms with E-state index in [1.807, 2.05) is 78.9 Å².